The van der Waals surface area contributed by atoms with E-state index in [1.54, 1.807) is 11.8 Å². The average molecular weight is 299 g/mol. The van der Waals surface area contributed by atoms with Crippen molar-refractivity contribution >= 4 is 11.8 Å². The lowest BCUT2D eigenvalue weighted by molar-refractivity contribution is 0.645. The zero-order valence-corrected chi connectivity index (χ0v) is 14.2. The van der Waals surface area contributed by atoms with E-state index in [4.69, 9.17) is 0 Å². The van der Waals surface area contributed by atoms with Gasteiger partial charge in [-0.15, -0.1) is 11.8 Å². The third-order valence-corrected chi connectivity index (χ3v) is 4.51. The minimum Gasteiger partial charge on any atom is -0.309 e. The zero-order chi connectivity index (χ0) is 15.2. The van der Waals surface area contributed by atoms with Crippen LogP contribution in [-0.4, -0.2) is 13.3 Å². The highest BCUT2D eigenvalue weighted by Crippen LogP contribution is 2.30. The normalized spacial score (nSPS) is 12.6. The molecule has 0 aliphatic rings. The van der Waals surface area contributed by atoms with Crippen molar-refractivity contribution in [2.24, 2.45) is 5.92 Å². The summed E-state index contributed by atoms with van der Waals surface area (Å²) in [6.07, 6.45) is 3.28. The van der Waals surface area contributed by atoms with E-state index in [2.05, 4.69) is 74.0 Å². The van der Waals surface area contributed by atoms with E-state index in [1.807, 2.05) is 7.05 Å². The summed E-state index contributed by atoms with van der Waals surface area (Å²) >= 11 is 1.81. The van der Waals surface area contributed by atoms with Crippen molar-refractivity contribution in [3.8, 4) is 0 Å². The molecule has 0 saturated heterocycles. The summed E-state index contributed by atoms with van der Waals surface area (Å²) in [7, 11) is 2.03. The quantitative estimate of drug-likeness (QED) is 0.760. The fourth-order valence-electron chi connectivity index (χ4n) is 2.72. The molecular formula is C19H25NS. The van der Waals surface area contributed by atoms with Crippen LogP contribution in [0.1, 0.15) is 36.6 Å². The van der Waals surface area contributed by atoms with Gasteiger partial charge < -0.3 is 5.32 Å². The zero-order valence-electron chi connectivity index (χ0n) is 13.4. The van der Waals surface area contributed by atoms with Crippen LogP contribution in [-0.2, 0) is 6.42 Å². The fourth-order valence-corrected chi connectivity index (χ4v) is 3.36. The molecular weight excluding hydrogens is 274 g/mol. The molecule has 0 spiro atoms. The monoisotopic (exact) mass is 299 g/mol. The highest BCUT2D eigenvalue weighted by atomic mass is 32.2. The molecule has 112 valence electrons. The van der Waals surface area contributed by atoms with Crippen molar-refractivity contribution in [1.82, 2.24) is 5.32 Å². The van der Waals surface area contributed by atoms with E-state index in [0.717, 1.165) is 6.42 Å². The Kier molecular flexibility index (Phi) is 5.89. The predicted octanol–water partition coefficient (Wildman–Crippen LogP) is 4.92. The van der Waals surface area contributed by atoms with Crippen molar-refractivity contribution in [3.05, 3.63) is 65.2 Å². The molecule has 2 heteroatoms. The number of nitrogens with one attached hydrogen (secondary N) is 1. The summed E-state index contributed by atoms with van der Waals surface area (Å²) in [6.45, 7) is 4.53. The maximum absolute atomic E-state index is 3.46. The Balaban J connectivity index is 2.29. The first-order valence-corrected chi connectivity index (χ1v) is 8.77. The van der Waals surface area contributed by atoms with E-state index in [-0.39, 0.29) is 6.04 Å². The second-order valence-electron chi connectivity index (χ2n) is 5.80. The van der Waals surface area contributed by atoms with Gasteiger partial charge >= 0.3 is 0 Å². The van der Waals surface area contributed by atoms with E-state index in [1.165, 1.54) is 21.6 Å². The van der Waals surface area contributed by atoms with Gasteiger partial charge in [-0.2, -0.15) is 0 Å². The van der Waals surface area contributed by atoms with Crippen LogP contribution in [0.5, 0.6) is 0 Å². The van der Waals surface area contributed by atoms with Crippen LogP contribution in [0.25, 0.3) is 0 Å². The van der Waals surface area contributed by atoms with Gasteiger partial charge in [0.05, 0.1) is 6.04 Å². The van der Waals surface area contributed by atoms with Crippen LogP contribution in [0.3, 0.4) is 0 Å². The Morgan fingerprint density at radius 2 is 1.67 bits per heavy atom. The molecule has 0 heterocycles. The Bertz CT molecular complexity index is 560. The lowest BCUT2D eigenvalue weighted by Crippen LogP contribution is -2.18. The molecule has 0 aromatic heterocycles. The molecule has 1 nitrogen and oxygen atoms in total. The van der Waals surface area contributed by atoms with Gasteiger partial charge in [-0.1, -0.05) is 56.3 Å². The third kappa shape index (κ3) is 4.12. The van der Waals surface area contributed by atoms with Crippen LogP contribution in [0.15, 0.2) is 53.4 Å². The Hall–Kier alpha value is -1.25. The first kappa shape index (κ1) is 16.1. The molecule has 0 aliphatic heterocycles. The number of benzene rings is 2. The van der Waals surface area contributed by atoms with Crippen molar-refractivity contribution in [1.29, 1.82) is 0 Å². The molecule has 0 saturated carbocycles. The first-order chi connectivity index (χ1) is 10.2. The molecule has 2 aromatic rings. The molecule has 0 aliphatic carbocycles. The van der Waals surface area contributed by atoms with Gasteiger partial charge in [0, 0.05) is 4.90 Å². The van der Waals surface area contributed by atoms with Crippen LogP contribution in [0.4, 0.5) is 0 Å². The van der Waals surface area contributed by atoms with E-state index in [9.17, 15) is 0 Å². The highest BCUT2D eigenvalue weighted by Gasteiger charge is 2.15. The summed E-state index contributed by atoms with van der Waals surface area (Å²) in [5, 5.41) is 3.46. The summed E-state index contributed by atoms with van der Waals surface area (Å²) in [5.74, 6) is 0.702. The minimum absolute atomic E-state index is 0.252. The molecule has 2 rings (SSSR count). The smallest absolute Gasteiger partial charge is 0.0585 e. The Morgan fingerprint density at radius 3 is 2.24 bits per heavy atom. The summed E-state index contributed by atoms with van der Waals surface area (Å²) in [4.78, 5) is 1.34. The van der Waals surface area contributed by atoms with Gasteiger partial charge in [-0.3, -0.25) is 0 Å². The number of rotatable bonds is 6. The van der Waals surface area contributed by atoms with Gasteiger partial charge in [-0.25, -0.2) is 0 Å². The molecule has 2 aromatic carbocycles. The molecule has 0 amide bonds. The number of hydrogen-bond donors (Lipinski definition) is 1. The highest BCUT2D eigenvalue weighted by molar-refractivity contribution is 7.98. The van der Waals surface area contributed by atoms with Gasteiger partial charge in [-0.05, 0) is 48.4 Å². The summed E-state index contributed by atoms with van der Waals surface area (Å²) < 4.78 is 0. The summed E-state index contributed by atoms with van der Waals surface area (Å²) in [6, 6.07) is 17.9. The second kappa shape index (κ2) is 7.67. The van der Waals surface area contributed by atoms with Crippen LogP contribution in [0, 0.1) is 5.92 Å². The van der Waals surface area contributed by atoms with Crippen molar-refractivity contribution in [3.63, 3.8) is 0 Å². The largest absolute Gasteiger partial charge is 0.309 e. The number of hydrogen-bond acceptors (Lipinski definition) is 2. The molecule has 1 unspecified atom stereocenters. The van der Waals surface area contributed by atoms with Crippen molar-refractivity contribution in [2.75, 3.05) is 13.3 Å². The maximum Gasteiger partial charge on any atom is 0.0585 e. The van der Waals surface area contributed by atoms with E-state index in [0.29, 0.717) is 5.92 Å². The van der Waals surface area contributed by atoms with Gasteiger partial charge in [0.25, 0.3) is 0 Å². The van der Waals surface area contributed by atoms with E-state index >= 15 is 0 Å². The van der Waals surface area contributed by atoms with Crippen LogP contribution < -0.4 is 5.32 Å². The van der Waals surface area contributed by atoms with Gasteiger partial charge in [0.15, 0.2) is 0 Å². The number of thioether (sulfide) groups is 1. The van der Waals surface area contributed by atoms with Crippen molar-refractivity contribution < 1.29 is 0 Å². The Labute approximate surface area is 133 Å². The Morgan fingerprint density at radius 1 is 1.00 bits per heavy atom. The van der Waals surface area contributed by atoms with Crippen LogP contribution in [0.2, 0.25) is 0 Å². The lowest BCUT2D eigenvalue weighted by atomic mass is 9.96. The topological polar surface area (TPSA) is 12.0 Å². The van der Waals surface area contributed by atoms with Gasteiger partial charge in [0.2, 0.25) is 0 Å². The van der Waals surface area contributed by atoms with Crippen LogP contribution >= 0.6 is 11.8 Å². The lowest BCUT2D eigenvalue weighted by Gasteiger charge is -2.20. The fraction of sp³-hybridized carbons (Fsp3) is 0.368. The molecule has 1 N–H and O–H groups in total. The van der Waals surface area contributed by atoms with E-state index < -0.39 is 0 Å². The first-order valence-electron chi connectivity index (χ1n) is 7.54. The molecule has 1 atom stereocenters. The maximum atomic E-state index is 3.46. The van der Waals surface area contributed by atoms with Gasteiger partial charge in [0.1, 0.15) is 0 Å². The second-order valence-corrected chi connectivity index (χ2v) is 6.65. The molecule has 0 fully saturated rings. The summed E-state index contributed by atoms with van der Waals surface area (Å²) in [5.41, 5.74) is 4.09. The minimum atomic E-state index is 0.252. The predicted molar refractivity (Wildman–Crippen MR) is 94.1 cm³/mol. The molecule has 0 bridgehead atoms. The standard InChI is InChI=1S/C19H25NS/c1-14(2)13-15-9-11-16(12-10-15)19(20-3)17-7-5-6-8-18(17)21-4/h5-12,14,19-20H,13H2,1-4H3. The SMILES string of the molecule is CNC(c1ccc(CC(C)C)cc1)c1ccccc1SC. The molecule has 21 heavy (non-hydrogen) atoms. The van der Waals surface area contributed by atoms with Crippen molar-refractivity contribution in [2.45, 2.75) is 31.2 Å². The molecule has 0 radical (unpaired) electrons. The third-order valence-electron chi connectivity index (χ3n) is 3.70. The average Bonchev–Trinajstić information content (AvgIpc) is 2.49.